The molecule has 0 aliphatic heterocycles. The number of allylic oxidation sites excluding steroid dienone is 7. The van der Waals surface area contributed by atoms with Crippen molar-refractivity contribution in [1.82, 2.24) is 0 Å². The molecule has 178 valence electrons. The number of rotatable bonds is 1. The first-order valence-electron chi connectivity index (χ1n) is 12.6. The number of fused-ring (bicyclic) bond motifs is 7. The van der Waals surface area contributed by atoms with Gasteiger partial charge in [0.1, 0.15) is 0 Å². The quantitative estimate of drug-likeness (QED) is 0.466. The molecule has 0 bridgehead atoms. The average Bonchev–Trinajstić information content (AvgIpc) is 2.75. The Hall–Kier alpha value is -2.10. The lowest BCUT2D eigenvalue weighted by Gasteiger charge is -2.70. The summed E-state index contributed by atoms with van der Waals surface area (Å²) in [4.78, 5) is 24.8. The van der Waals surface area contributed by atoms with Crippen molar-refractivity contribution in [2.75, 3.05) is 0 Å². The summed E-state index contributed by atoms with van der Waals surface area (Å²) in [6.07, 6.45) is 12.7. The van der Waals surface area contributed by atoms with Crippen molar-refractivity contribution >= 4 is 11.8 Å². The van der Waals surface area contributed by atoms with Crippen LogP contribution in [0.4, 0.5) is 0 Å². The highest BCUT2D eigenvalue weighted by atomic mass is 16.4. The number of hydrogen-bond donors (Lipinski definition) is 2. The smallest absolute Gasteiger partial charge is 0.309 e. The number of aliphatic carboxylic acids is 1. The molecule has 0 heterocycles. The van der Waals surface area contributed by atoms with Gasteiger partial charge in [0, 0.05) is 11.0 Å². The third-order valence-electron chi connectivity index (χ3n) is 11.4. The van der Waals surface area contributed by atoms with Crippen LogP contribution in [0.25, 0.3) is 0 Å². The fraction of sp³-hybridized carbons (Fsp3) is 0.655. The molecule has 4 nitrogen and oxygen atoms in total. The summed E-state index contributed by atoms with van der Waals surface area (Å²) in [5.41, 5.74) is 3.33. The van der Waals surface area contributed by atoms with Gasteiger partial charge in [-0.2, -0.15) is 0 Å². The Labute approximate surface area is 197 Å². The second-order valence-corrected chi connectivity index (χ2v) is 12.9. The zero-order valence-electron chi connectivity index (χ0n) is 21.0. The maximum absolute atomic E-state index is 12.6. The Morgan fingerprint density at radius 3 is 2.30 bits per heavy atom. The van der Waals surface area contributed by atoms with E-state index in [0.717, 1.165) is 56.1 Å². The third kappa shape index (κ3) is 2.64. The fourth-order valence-corrected chi connectivity index (χ4v) is 8.65. The molecule has 3 saturated carbocycles. The van der Waals surface area contributed by atoms with Gasteiger partial charge in [0.15, 0.2) is 5.76 Å². The van der Waals surface area contributed by atoms with Crippen molar-refractivity contribution in [3.05, 3.63) is 46.3 Å². The summed E-state index contributed by atoms with van der Waals surface area (Å²) in [7, 11) is 0. The van der Waals surface area contributed by atoms with E-state index in [1.54, 1.807) is 6.08 Å². The van der Waals surface area contributed by atoms with Crippen molar-refractivity contribution in [1.29, 1.82) is 0 Å². The van der Waals surface area contributed by atoms with E-state index < -0.39 is 11.4 Å². The molecule has 4 heteroatoms. The molecule has 0 unspecified atom stereocenters. The second kappa shape index (κ2) is 6.52. The highest BCUT2D eigenvalue weighted by Crippen LogP contribution is 2.75. The summed E-state index contributed by atoms with van der Waals surface area (Å²) >= 11 is 0. The highest BCUT2D eigenvalue weighted by Gasteiger charge is 2.67. The van der Waals surface area contributed by atoms with Gasteiger partial charge in [0.05, 0.1) is 5.41 Å². The van der Waals surface area contributed by atoms with E-state index in [9.17, 15) is 19.8 Å². The molecule has 5 aliphatic carbocycles. The summed E-state index contributed by atoms with van der Waals surface area (Å²) in [6, 6.07) is 0. The molecule has 6 atom stereocenters. The van der Waals surface area contributed by atoms with E-state index in [4.69, 9.17) is 0 Å². The molecule has 0 aromatic rings. The standard InChI is InChI=1S/C29H38O4/c1-17-18-7-8-21-27(4,19(18)15-20(30)23(17)31)12-14-29(6)22-16-26(3,24(32)33)10-9-25(22,2)11-13-28(21,29)5/h7-8,15,22,31H,9-14,16H2,1-6H3,(H,32,33)/t22-,25-,26-,27+,28+,29+/m1/s1. The summed E-state index contributed by atoms with van der Waals surface area (Å²) in [5, 5.41) is 20.3. The number of carbonyl (C=O) groups is 2. The van der Waals surface area contributed by atoms with Gasteiger partial charge >= 0.3 is 5.97 Å². The van der Waals surface area contributed by atoms with E-state index in [0.29, 0.717) is 11.5 Å². The first kappa shape index (κ1) is 22.7. The molecule has 0 amide bonds. The number of aliphatic hydroxyl groups is 1. The van der Waals surface area contributed by atoms with Crippen LogP contribution in [0.3, 0.4) is 0 Å². The minimum Gasteiger partial charge on any atom is -0.504 e. The number of carboxylic acid groups (broad SMARTS) is 1. The Kier molecular flexibility index (Phi) is 4.48. The minimum absolute atomic E-state index is 0.0000746. The second-order valence-electron chi connectivity index (χ2n) is 12.9. The van der Waals surface area contributed by atoms with Crippen molar-refractivity contribution in [2.24, 2.45) is 33.0 Å². The topological polar surface area (TPSA) is 74.6 Å². The lowest BCUT2D eigenvalue weighted by atomic mass is 9.34. The summed E-state index contributed by atoms with van der Waals surface area (Å²) < 4.78 is 0. The molecule has 5 rings (SSSR count). The zero-order chi connectivity index (χ0) is 24.2. The van der Waals surface area contributed by atoms with Crippen LogP contribution in [0, 0.1) is 33.0 Å². The van der Waals surface area contributed by atoms with Crippen molar-refractivity contribution < 1.29 is 19.8 Å². The Bertz CT molecular complexity index is 1100. The van der Waals surface area contributed by atoms with E-state index in [-0.39, 0.29) is 33.2 Å². The lowest BCUT2D eigenvalue weighted by Crippen LogP contribution is -2.62. The molecule has 0 spiro atoms. The van der Waals surface area contributed by atoms with E-state index in [2.05, 4.69) is 39.8 Å². The lowest BCUT2D eigenvalue weighted by molar-refractivity contribution is -0.178. The molecular weight excluding hydrogens is 412 g/mol. The van der Waals surface area contributed by atoms with Crippen LogP contribution in [0.1, 0.15) is 86.5 Å². The van der Waals surface area contributed by atoms with E-state index >= 15 is 0 Å². The molecule has 0 aromatic heterocycles. The number of aliphatic hydroxyl groups excluding tert-OH is 1. The molecule has 3 fully saturated rings. The SMILES string of the molecule is CC1=C(O)C(=O)C=C2C1=CC=C1[C@@]2(C)CC[C@@]2(C)[C@@H]3C[C@](C)(C(=O)O)CC[C@]3(C)CC[C@@]12C. The first-order chi connectivity index (χ1) is 15.2. The largest absolute Gasteiger partial charge is 0.504 e. The maximum atomic E-state index is 12.6. The van der Waals surface area contributed by atoms with Crippen LogP contribution in [0.5, 0.6) is 0 Å². The van der Waals surface area contributed by atoms with Crippen molar-refractivity contribution in [3.63, 3.8) is 0 Å². The van der Waals surface area contributed by atoms with Crippen molar-refractivity contribution in [3.8, 4) is 0 Å². The van der Waals surface area contributed by atoms with Gasteiger partial charge in [-0.05, 0) is 98.2 Å². The van der Waals surface area contributed by atoms with E-state index in [1.807, 2.05) is 13.8 Å². The minimum atomic E-state index is -0.655. The molecule has 0 saturated heterocycles. The van der Waals surface area contributed by atoms with Crippen LogP contribution < -0.4 is 0 Å². The van der Waals surface area contributed by atoms with Gasteiger partial charge in [0.25, 0.3) is 0 Å². The monoisotopic (exact) mass is 450 g/mol. The number of ketones is 1. The van der Waals surface area contributed by atoms with Gasteiger partial charge < -0.3 is 10.2 Å². The molecule has 0 aromatic carbocycles. The predicted molar refractivity (Wildman–Crippen MR) is 129 cm³/mol. The highest BCUT2D eigenvalue weighted by molar-refractivity contribution is 6.06. The van der Waals surface area contributed by atoms with Crippen LogP contribution in [-0.2, 0) is 9.59 Å². The van der Waals surface area contributed by atoms with Gasteiger partial charge in [0.2, 0.25) is 5.78 Å². The van der Waals surface area contributed by atoms with Gasteiger partial charge in [-0.25, -0.2) is 0 Å². The van der Waals surface area contributed by atoms with Crippen LogP contribution in [0.2, 0.25) is 0 Å². The van der Waals surface area contributed by atoms with Gasteiger partial charge in [-0.15, -0.1) is 0 Å². The third-order valence-corrected chi connectivity index (χ3v) is 11.4. The molecule has 0 radical (unpaired) electrons. The molecule has 33 heavy (non-hydrogen) atoms. The average molecular weight is 451 g/mol. The van der Waals surface area contributed by atoms with Gasteiger partial charge in [-0.1, -0.05) is 45.4 Å². The molecule has 5 aliphatic rings. The molecule has 2 N–H and O–H groups in total. The Morgan fingerprint density at radius 1 is 0.970 bits per heavy atom. The first-order valence-corrected chi connectivity index (χ1v) is 12.6. The Morgan fingerprint density at radius 2 is 1.64 bits per heavy atom. The number of carboxylic acids is 1. The normalized spacial score (nSPS) is 46.8. The van der Waals surface area contributed by atoms with Crippen LogP contribution >= 0.6 is 0 Å². The Balaban J connectivity index is 1.64. The van der Waals surface area contributed by atoms with Crippen molar-refractivity contribution in [2.45, 2.75) is 86.5 Å². The van der Waals surface area contributed by atoms with Crippen LogP contribution in [-0.4, -0.2) is 22.0 Å². The molecular formula is C29H38O4. The van der Waals surface area contributed by atoms with Crippen LogP contribution in [0.15, 0.2) is 46.3 Å². The number of hydrogen-bond acceptors (Lipinski definition) is 3. The predicted octanol–water partition coefficient (Wildman–Crippen LogP) is 6.70. The number of carbonyl (C=O) groups excluding carboxylic acids is 1. The van der Waals surface area contributed by atoms with Gasteiger partial charge in [-0.3, -0.25) is 9.59 Å². The van der Waals surface area contributed by atoms with E-state index in [1.165, 1.54) is 5.57 Å². The zero-order valence-corrected chi connectivity index (χ0v) is 21.0. The summed E-state index contributed by atoms with van der Waals surface area (Å²) in [5.74, 6) is -0.734. The summed E-state index contributed by atoms with van der Waals surface area (Å²) in [6.45, 7) is 13.3. The fourth-order valence-electron chi connectivity index (χ4n) is 8.65. The maximum Gasteiger partial charge on any atom is 0.309 e.